The smallest absolute Gasteiger partial charge is 0.331 e. The van der Waals surface area contributed by atoms with Gasteiger partial charge in [-0.25, -0.2) is 4.79 Å². The second-order valence-electron chi connectivity index (χ2n) is 7.95. The Labute approximate surface area is 192 Å². The van der Waals surface area contributed by atoms with Crippen LogP contribution in [0.4, 0.5) is 15.5 Å². The van der Waals surface area contributed by atoms with E-state index in [1.54, 1.807) is 14.2 Å². The lowest BCUT2D eigenvalue weighted by atomic mass is 10.0. The summed E-state index contributed by atoms with van der Waals surface area (Å²) in [5.41, 5.74) is 3.91. The first-order valence-electron chi connectivity index (χ1n) is 10.4. The Morgan fingerprint density at radius 2 is 1.94 bits per heavy atom. The third kappa shape index (κ3) is 5.01. The molecule has 0 bridgehead atoms. The SMILES string of the molecule is CNc1ccc(-c2sc3c(c2CN(C)CCOC)CC(=O)N(CC(C)=O)C(=O)N3C)cc1. The highest BCUT2D eigenvalue weighted by Crippen LogP contribution is 2.44. The highest BCUT2D eigenvalue weighted by atomic mass is 32.1. The number of anilines is 2. The minimum absolute atomic E-state index is 0.0806. The van der Waals surface area contributed by atoms with Gasteiger partial charge in [-0.1, -0.05) is 12.1 Å². The maximum atomic E-state index is 13.0. The van der Waals surface area contributed by atoms with E-state index in [1.807, 2.05) is 38.4 Å². The van der Waals surface area contributed by atoms with Crippen LogP contribution in [0.25, 0.3) is 10.4 Å². The molecule has 1 aliphatic heterocycles. The molecule has 0 radical (unpaired) electrons. The molecule has 9 heteroatoms. The number of hydrogen-bond acceptors (Lipinski definition) is 7. The van der Waals surface area contributed by atoms with E-state index in [-0.39, 0.29) is 24.7 Å². The summed E-state index contributed by atoms with van der Waals surface area (Å²) >= 11 is 1.51. The number of carbonyl (C=O) groups is 3. The van der Waals surface area contributed by atoms with Crippen LogP contribution in [0.2, 0.25) is 0 Å². The molecule has 0 saturated carbocycles. The summed E-state index contributed by atoms with van der Waals surface area (Å²) in [6.45, 7) is 3.11. The van der Waals surface area contributed by atoms with Crippen LogP contribution in [0.1, 0.15) is 18.1 Å². The number of urea groups is 1. The molecule has 32 heavy (non-hydrogen) atoms. The van der Waals surface area contributed by atoms with Crippen molar-refractivity contribution >= 4 is 39.7 Å². The normalized spacial score (nSPS) is 14.1. The van der Waals surface area contributed by atoms with Gasteiger partial charge in [0.15, 0.2) is 0 Å². The molecule has 172 valence electrons. The van der Waals surface area contributed by atoms with Gasteiger partial charge in [0.2, 0.25) is 5.91 Å². The minimum atomic E-state index is -0.471. The van der Waals surface area contributed by atoms with Crippen molar-refractivity contribution in [3.8, 4) is 10.4 Å². The number of amides is 3. The van der Waals surface area contributed by atoms with Gasteiger partial charge in [0.05, 0.1) is 19.6 Å². The molecular weight excluding hydrogens is 428 g/mol. The number of Topliss-reactive ketones (excluding diaryl/α,β-unsaturated/α-hetero) is 1. The zero-order chi connectivity index (χ0) is 23.4. The Kier molecular flexibility index (Phi) is 7.65. The second-order valence-corrected chi connectivity index (χ2v) is 8.95. The second kappa shape index (κ2) is 10.2. The van der Waals surface area contributed by atoms with Crippen LogP contribution in [-0.2, 0) is 27.3 Å². The lowest BCUT2D eigenvalue weighted by molar-refractivity contribution is -0.131. The molecule has 3 amide bonds. The van der Waals surface area contributed by atoms with Crippen molar-refractivity contribution in [1.29, 1.82) is 0 Å². The first-order valence-corrected chi connectivity index (χ1v) is 11.3. The quantitative estimate of drug-likeness (QED) is 0.622. The predicted molar refractivity (Wildman–Crippen MR) is 127 cm³/mol. The molecule has 0 unspecified atom stereocenters. The number of hydrogen-bond donors (Lipinski definition) is 1. The molecule has 1 N–H and O–H groups in total. The molecule has 8 nitrogen and oxygen atoms in total. The van der Waals surface area contributed by atoms with Gasteiger partial charge in [-0.05, 0) is 37.2 Å². The topological polar surface area (TPSA) is 82.2 Å². The average molecular weight is 459 g/mol. The van der Waals surface area contributed by atoms with Crippen molar-refractivity contribution in [2.45, 2.75) is 19.9 Å². The molecular formula is C23H30N4O4S. The first kappa shape index (κ1) is 23.9. The van der Waals surface area contributed by atoms with Gasteiger partial charge in [-0.2, -0.15) is 0 Å². The van der Waals surface area contributed by atoms with Crippen LogP contribution in [0.3, 0.4) is 0 Å². The molecule has 1 aliphatic rings. The third-order valence-electron chi connectivity index (χ3n) is 5.47. The summed E-state index contributed by atoms with van der Waals surface area (Å²) in [6.07, 6.45) is 0.0806. The number of fused-ring (bicyclic) bond motifs is 1. The number of imide groups is 1. The van der Waals surface area contributed by atoms with Crippen molar-refractivity contribution in [2.75, 3.05) is 58.2 Å². The maximum Gasteiger partial charge on any atom is 0.331 e. The summed E-state index contributed by atoms with van der Waals surface area (Å²) in [5, 5.41) is 3.87. The summed E-state index contributed by atoms with van der Waals surface area (Å²) in [6, 6.07) is 7.63. The third-order valence-corrected chi connectivity index (χ3v) is 6.87. The Balaban J connectivity index is 2.08. The highest BCUT2D eigenvalue weighted by molar-refractivity contribution is 7.20. The zero-order valence-electron chi connectivity index (χ0n) is 19.2. The van der Waals surface area contributed by atoms with Crippen LogP contribution in [-0.4, -0.2) is 75.5 Å². The highest BCUT2D eigenvalue weighted by Gasteiger charge is 2.35. The van der Waals surface area contributed by atoms with E-state index in [2.05, 4.69) is 10.2 Å². The van der Waals surface area contributed by atoms with Crippen molar-refractivity contribution < 1.29 is 19.1 Å². The number of ketones is 1. The van der Waals surface area contributed by atoms with E-state index < -0.39 is 6.03 Å². The number of likely N-dealkylation sites (N-methyl/N-ethyl adjacent to an activating group) is 1. The summed E-state index contributed by atoms with van der Waals surface area (Å²) in [7, 11) is 7.21. The predicted octanol–water partition coefficient (Wildman–Crippen LogP) is 3.06. The monoisotopic (exact) mass is 458 g/mol. The lowest BCUT2D eigenvalue weighted by Gasteiger charge is -2.22. The average Bonchev–Trinajstić information content (AvgIpc) is 3.08. The standard InChI is InChI=1S/C23H30N4O4S/c1-15(28)13-27-20(29)12-18-19(14-25(3)10-11-31-5)21(32-22(18)26(4)23(27)30)16-6-8-17(24-2)9-7-16/h6-9,24H,10-14H2,1-5H3. The fourth-order valence-electron chi connectivity index (χ4n) is 3.72. The van der Waals surface area contributed by atoms with E-state index in [0.29, 0.717) is 13.2 Å². The summed E-state index contributed by atoms with van der Waals surface area (Å²) in [5.74, 6) is -0.582. The van der Waals surface area contributed by atoms with Crippen molar-refractivity contribution in [1.82, 2.24) is 9.80 Å². The van der Waals surface area contributed by atoms with Gasteiger partial charge in [0.1, 0.15) is 10.8 Å². The minimum Gasteiger partial charge on any atom is -0.388 e. The van der Waals surface area contributed by atoms with Gasteiger partial charge in [-0.3, -0.25) is 24.3 Å². The van der Waals surface area contributed by atoms with E-state index >= 15 is 0 Å². The number of nitrogens with zero attached hydrogens (tertiary/aromatic N) is 3. The van der Waals surface area contributed by atoms with E-state index in [9.17, 15) is 14.4 Å². The Morgan fingerprint density at radius 1 is 1.25 bits per heavy atom. The lowest BCUT2D eigenvalue weighted by Crippen LogP contribution is -2.45. The van der Waals surface area contributed by atoms with Gasteiger partial charge in [-0.15, -0.1) is 11.3 Å². The van der Waals surface area contributed by atoms with Crippen LogP contribution in [0.15, 0.2) is 24.3 Å². The van der Waals surface area contributed by atoms with Crippen molar-refractivity contribution in [2.24, 2.45) is 0 Å². The maximum absolute atomic E-state index is 13.0. The van der Waals surface area contributed by atoms with E-state index in [1.165, 1.54) is 23.2 Å². The number of rotatable bonds is 9. The van der Waals surface area contributed by atoms with E-state index in [4.69, 9.17) is 4.74 Å². The van der Waals surface area contributed by atoms with Crippen LogP contribution in [0, 0.1) is 0 Å². The Morgan fingerprint density at radius 3 is 2.53 bits per heavy atom. The van der Waals surface area contributed by atoms with Crippen LogP contribution in [0.5, 0.6) is 0 Å². The van der Waals surface area contributed by atoms with Crippen LogP contribution >= 0.6 is 11.3 Å². The van der Waals surface area contributed by atoms with Gasteiger partial charge in [0.25, 0.3) is 0 Å². The molecule has 0 fully saturated rings. The first-order chi connectivity index (χ1) is 15.3. The van der Waals surface area contributed by atoms with E-state index in [0.717, 1.165) is 43.7 Å². The largest absolute Gasteiger partial charge is 0.388 e. The molecule has 0 spiro atoms. The molecule has 3 rings (SSSR count). The molecule has 1 aromatic heterocycles. The Bertz CT molecular complexity index is 1000. The number of benzene rings is 1. The zero-order valence-corrected chi connectivity index (χ0v) is 20.0. The summed E-state index contributed by atoms with van der Waals surface area (Å²) < 4.78 is 5.21. The number of methoxy groups -OCH3 is 1. The van der Waals surface area contributed by atoms with Crippen molar-refractivity contribution in [3.05, 3.63) is 35.4 Å². The molecule has 2 heterocycles. The summed E-state index contributed by atoms with van der Waals surface area (Å²) in [4.78, 5) is 43.4. The molecule has 0 saturated heterocycles. The number of nitrogens with one attached hydrogen (secondary N) is 1. The Hall–Kier alpha value is -2.75. The molecule has 2 aromatic rings. The number of thiophene rings is 1. The fourth-order valence-corrected chi connectivity index (χ4v) is 5.02. The van der Waals surface area contributed by atoms with Gasteiger partial charge in [0, 0.05) is 50.4 Å². The van der Waals surface area contributed by atoms with Gasteiger partial charge >= 0.3 is 6.03 Å². The number of carbonyl (C=O) groups excluding carboxylic acids is 3. The molecule has 0 aliphatic carbocycles. The molecule has 1 aromatic carbocycles. The number of ether oxygens (including phenoxy) is 1. The fraction of sp³-hybridized carbons (Fsp3) is 0.435. The van der Waals surface area contributed by atoms with Crippen molar-refractivity contribution in [3.63, 3.8) is 0 Å². The van der Waals surface area contributed by atoms with Crippen LogP contribution < -0.4 is 10.2 Å². The molecule has 0 atom stereocenters. The van der Waals surface area contributed by atoms with Gasteiger partial charge < -0.3 is 10.1 Å².